The van der Waals surface area contributed by atoms with Crippen molar-refractivity contribution in [1.82, 2.24) is 5.32 Å². The molecule has 0 radical (unpaired) electrons. The molecule has 4 heteroatoms. The summed E-state index contributed by atoms with van der Waals surface area (Å²) in [4.78, 5) is 24.9. The van der Waals surface area contributed by atoms with Gasteiger partial charge in [-0.05, 0) is 36.8 Å². The van der Waals surface area contributed by atoms with Crippen molar-refractivity contribution in [3.63, 3.8) is 0 Å². The molecule has 118 valence electrons. The molecule has 0 saturated carbocycles. The van der Waals surface area contributed by atoms with Crippen LogP contribution in [0.3, 0.4) is 0 Å². The average molecular weight is 320 g/mol. The standard InChI is InChI=1S/C18H22ClNO2/c1-2-12-20-18(22)16-14(9-4-3-7-11-19)13-8-5-6-10-15(13)17(16)21/h5-6,8,10H,2-4,7,9,11-12H2,1H3,(H,20,22). The van der Waals surface area contributed by atoms with Gasteiger partial charge in [0.15, 0.2) is 5.78 Å². The zero-order valence-corrected chi connectivity index (χ0v) is 13.7. The summed E-state index contributed by atoms with van der Waals surface area (Å²) in [6, 6.07) is 7.49. The monoisotopic (exact) mass is 319 g/mol. The molecule has 2 rings (SSSR count). The van der Waals surface area contributed by atoms with Crippen molar-refractivity contribution in [1.29, 1.82) is 0 Å². The Morgan fingerprint density at radius 2 is 1.86 bits per heavy atom. The molecule has 0 saturated heterocycles. The van der Waals surface area contributed by atoms with Crippen molar-refractivity contribution in [2.75, 3.05) is 12.4 Å². The summed E-state index contributed by atoms with van der Waals surface area (Å²) < 4.78 is 0. The van der Waals surface area contributed by atoms with Gasteiger partial charge in [0.1, 0.15) is 0 Å². The highest BCUT2D eigenvalue weighted by Gasteiger charge is 2.32. The second kappa shape index (κ2) is 8.14. The van der Waals surface area contributed by atoms with Gasteiger partial charge in [0.05, 0.1) is 5.57 Å². The van der Waals surface area contributed by atoms with E-state index in [2.05, 4.69) is 5.32 Å². The number of carbonyl (C=O) groups excluding carboxylic acids is 2. The maximum Gasteiger partial charge on any atom is 0.255 e. The van der Waals surface area contributed by atoms with E-state index in [1.54, 1.807) is 6.07 Å². The van der Waals surface area contributed by atoms with Gasteiger partial charge in [-0.15, -0.1) is 11.6 Å². The number of allylic oxidation sites excluding steroid dienone is 1. The van der Waals surface area contributed by atoms with Crippen LogP contribution in [-0.2, 0) is 4.79 Å². The number of hydrogen-bond donors (Lipinski definition) is 1. The molecule has 22 heavy (non-hydrogen) atoms. The minimum atomic E-state index is -0.240. The molecule has 1 aliphatic rings. The molecule has 0 atom stereocenters. The van der Waals surface area contributed by atoms with Gasteiger partial charge >= 0.3 is 0 Å². The Bertz CT molecular complexity index is 593. The summed E-state index contributed by atoms with van der Waals surface area (Å²) in [5.74, 6) is 0.269. The molecule has 0 aromatic heterocycles. The smallest absolute Gasteiger partial charge is 0.255 e. The Hall–Kier alpha value is -1.61. The van der Waals surface area contributed by atoms with Crippen LogP contribution in [0.1, 0.15) is 54.9 Å². The second-order valence-corrected chi connectivity index (χ2v) is 5.86. The zero-order valence-electron chi connectivity index (χ0n) is 13.0. The van der Waals surface area contributed by atoms with Crippen LogP contribution in [0.25, 0.3) is 5.57 Å². The molecule has 0 fully saturated rings. The highest BCUT2D eigenvalue weighted by atomic mass is 35.5. The Balaban J connectivity index is 2.26. The van der Waals surface area contributed by atoms with E-state index in [-0.39, 0.29) is 11.7 Å². The predicted octanol–water partition coefficient (Wildman–Crippen LogP) is 3.96. The summed E-state index contributed by atoms with van der Waals surface area (Å²) in [7, 11) is 0. The average Bonchev–Trinajstić information content (AvgIpc) is 2.82. The first-order chi connectivity index (χ1) is 10.7. The van der Waals surface area contributed by atoms with Crippen LogP contribution in [0, 0.1) is 0 Å². The van der Waals surface area contributed by atoms with Gasteiger partial charge in [0, 0.05) is 18.0 Å². The highest BCUT2D eigenvalue weighted by molar-refractivity contribution is 6.34. The normalized spacial score (nSPS) is 13.5. The molecule has 1 aromatic carbocycles. The highest BCUT2D eigenvalue weighted by Crippen LogP contribution is 2.36. The number of carbonyl (C=O) groups is 2. The molecule has 1 aliphatic carbocycles. The number of halogens is 1. The van der Waals surface area contributed by atoms with E-state index in [0.717, 1.165) is 43.2 Å². The number of amides is 1. The Kier molecular flexibility index (Phi) is 6.20. The number of ketones is 1. The molecule has 1 aromatic rings. The number of unbranched alkanes of at least 4 members (excludes halogenated alkanes) is 2. The van der Waals surface area contributed by atoms with Crippen molar-refractivity contribution in [3.8, 4) is 0 Å². The van der Waals surface area contributed by atoms with Crippen molar-refractivity contribution in [2.24, 2.45) is 0 Å². The van der Waals surface area contributed by atoms with E-state index in [1.165, 1.54) is 0 Å². The number of Topliss-reactive ketones (excluding diaryl/α,β-unsaturated/α-hetero) is 1. The van der Waals surface area contributed by atoms with E-state index in [1.807, 2.05) is 25.1 Å². The van der Waals surface area contributed by atoms with Gasteiger partial charge in [-0.3, -0.25) is 9.59 Å². The van der Waals surface area contributed by atoms with Crippen LogP contribution < -0.4 is 5.32 Å². The van der Waals surface area contributed by atoms with Gasteiger partial charge in [-0.1, -0.05) is 37.6 Å². The summed E-state index contributed by atoms with van der Waals surface area (Å²) in [6.07, 6.45) is 4.50. The van der Waals surface area contributed by atoms with Gasteiger partial charge in [0.2, 0.25) is 0 Å². The molecule has 0 spiro atoms. The van der Waals surface area contributed by atoms with E-state index in [4.69, 9.17) is 11.6 Å². The predicted molar refractivity (Wildman–Crippen MR) is 90.2 cm³/mol. The summed E-state index contributed by atoms with van der Waals surface area (Å²) in [6.45, 7) is 2.58. The fourth-order valence-electron chi connectivity index (χ4n) is 2.75. The number of hydrogen-bond acceptors (Lipinski definition) is 2. The maximum atomic E-state index is 12.6. The lowest BCUT2D eigenvalue weighted by Crippen LogP contribution is -2.28. The number of fused-ring (bicyclic) bond motifs is 1. The van der Waals surface area contributed by atoms with E-state index in [9.17, 15) is 9.59 Å². The molecule has 1 amide bonds. The van der Waals surface area contributed by atoms with Crippen LogP contribution in [0.4, 0.5) is 0 Å². The van der Waals surface area contributed by atoms with Gasteiger partial charge in [-0.25, -0.2) is 0 Å². The van der Waals surface area contributed by atoms with Gasteiger partial charge in [-0.2, -0.15) is 0 Å². The van der Waals surface area contributed by atoms with Gasteiger partial charge in [0.25, 0.3) is 5.91 Å². The molecular weight excluding hydrogens is 298 g/mol. The topological polar surface area (TPSA) is 46.2 Å². The van der Waals surface area contributed by atoms with Crippen LogP contribution in [-0.4, -0.2) is 24.1 Å². The molecule has 0 bridgehead atoms. The molecule has 0 aliphatic heterocycles. The summed E-state index contributed by atoms with van der Waals surface area (Å²) >= 11 is 5.71. The number of nitrogens with one attached hydrogen (secondary N) is 1. The lowest BCUT2D eigenvalue weighted by molar-refractivity contribution is -0.117. The van der Waals surface area contributed by atoms with Crippen LogP contribution in [0.5, 0.6) is 0 Å². The first kappa shape index (κ1) is 16.8. The SMILES string of the molecule is CCCNC(=O)C1=C(CCCCCCl)c2ccccc2C1=O. The Labute approximate surface area is 136 Å². The van der Waals surface area contributed by atoms with E-state index < -0.39 is 0 Å². The van der Waals surface area contributed by atoms with Crippen molar-refractivity contribution in [2.45, 2.75) is 39.0 Å². The number of alkyl halides is 1. The number of rotatable bonds is 8. The van der Waals surface area contributed by atoms with Crippen LogP contribution in [0.2, 0.25) is 0 Å². The maximum absolute atomic E-state index is 12.6. The lowest BCUT2D eigenvalue weighted by Gasteiger charge is -2.08. The fraction of sp³-hybridized carbons (Fsp3) is 0.444. The third-order valence-corrected chi connectivity index (χ3v) is 4.12. The largest absolute Gasteiger partial charge is 0.352 e. The van der Waals surface area contributed by atoms with Crippen molar-refractivity contribution >= 4 is 28.9 Å². The van der Waals surface area contributed by atoms with Crippen molar-refractivity contribution < 1.29 is 9.59 Å². The first-order valence-electron chi connectivity index (χ1n) is 7.92. The zero-order chi connectivity index (χ0) is 15.9. The van der Waals surface area contributed by atoms with Crippen LogP contribution >= 0.6 is 11.6 Å². The van der Waals surface area contributed by atoms with Crippen molar-refractivity contribution in [3.05, 3.63) is 41.0 Å². The molecule has 3 nitrogen and oxygen atoms in total. The second-order valence-electron chi connectivity index (χ2n) is 5.48. The minimum absolute atomic E-state index is 0.142. The Morgan fingerprint density at radius 3 is 2.55 bits per heavy atom. The van der Waals surface area contributed by atoms with E-state index in [0.29, 0.717) is 23.6 Å². The third-order valence-electron chi connectivity index (χ3n) is 3.85. The van der Waals surface area contributed by atoms with Gasteiger partial charge < -0.3 is 5.32 Å². The number of benzene rings is 1. The summed E-state index contributed by atoms with van der Waals surface area (Å²) in [5, 5.41) is 2.83. The lowest BCUT2D eigenvalue weighted by atomic mass is 9.99. The third kappa shape index (κ3) is 3.58. The van der Waals surface area contributed by atoms with E-state index >= 15 is 0 Å². The summed E-state index contributed by atoms with van der Waals surface area (Å²) in [5.41, 5.74) is 2.79. The quantitative estimate of drug-likeness (QED) is 0.448. The van der Waals surface area contributed by atoms with Crippen LogP contribution in [0.15, 0.2) is 29.8 Å². The molecule has 1 N–H and O–H groups in total. The molecule has 0 heterocycles. The molecular formula is C18H22ClNO2. The first-order valence-corrected chi connectivity index (χ1v) is 8.45. The molecule has 0 unspecified atom stereocenters. The minimum Gasteiger partial charge on any atom is -0.352 e. The Morgan fingerprint density at radius 1 is 1.14 bits per heavy atom. The fourth-order valence-corrected chi connectivity index (χ4v) is 2.94.